The highest BCUT2D eigenvalue weighted by Gasteiger charge is 2.40. The summed E-state index contributed by atoms with van der Waals surface area (Å²) in [7, 11) is 0. The molecule has 0 spiro atoms. The lowest BCUT2D eigenvalue weighted by Gasteiger charge is -2.35. The van der Waals surface area contributed by atoms with Crippen molar-refractivity contribution in [1.82, 2.24) is 5.32 Å². The van der Waals surface area contributed by atoms with E-state index in [9.17, 15) is 9.90 Å². The fraction of sp³-hybridized carbons (Fsp3) is 0.923. The molecule has 2 fully saturated rings. The van der Waals surface area contributed by atoms with E-state index in [1.54, 1.807) is 11.8 Å². The zero-order chi connectivity index (χ0) is 12.5. The third kappa shape index (κ3) is 3.16. The first kappa shape index (κ1) is 13.2. The zero-order valence-corrected chi connectivity index (χ0v) is 11.6. The van der Waals surface area contributed by atoms with Crippen molar-refractivity contribution >= 4 is 17.7 Å². The summed E-state index contributed by atoms with van der Waals surface area (Å²) in [5.74, 6) is 1.30. The third-order valence-corrected chi connectivity index (χ3v) is 5.27. The summed E-state index contributed by atoms with van der Waals surface area (Å²) < 4.78 is 0. The van der Waals surface area contributed by atoms with Crippen LogP contribution in [0.3, 0.4) is 0 Å². The quantitative estimate of drug-likeness (QED) is 0.795. The summed E-state index contributed by atoms with van der Waals surface area (Å²) in [6.07, 6.45) is 5.00. The predicted molar refractivity (Wildman–Crippen MR) is 71.1 cm³/mol. The van der Waals surface area contributed by atoms with Gasteiger partial charge in [0.2, 0.25) is 0 Å². The Hall–Kier alpha value is -0.220. The SMILES string of the molecule is CC1(C)CCC(NC(=O)C2(O)CCSC2)CC1. The van der Waals surface area contributed by atoms with Gasteiger partial charge in [-0.25, -0.2) is 0 Å². The van der Waals surface area contributed by atoms with E-state index >= 15 is 0 Å². The molecule has 1 unspecified atom stereocenters. The standard InChI is InChI=1S/C13H23NO2S/c1-12(2)5-3-10(4-6-12)14-11(15)13(16)7-8-17-9-13/h10,16H,3-9H2,1-2H3,(H,14,15). The molecule has 2 rings (SSSR count). The number of hydrogen-bond donors (Lipinski definition) is 2. The Morgan fingerprint density at radius 3 is 2.47 bits per heavy atom. The molecule has 17 heavy (non-hydrogen) atoms. The molecule has 3 nitrogen and oxygen atoms in total. The lowest BCUT2D eigenvalue weighted by molar-refractivity contribution is -0.138. The minimum absolute atomic E-state index is 0.146. The minimum Gasteiger partial charge on any atom is -0.379 e. The van der Waals surface area contributed by atoms with E-state index in [1.165, 1.54) is 0 Å². The summed E-state index contributed by atoms with van der Waals surface area (Å²) in [5, 5.41) is 13.2. The Balaban J connectivity index is 1.84. The van der Waals surface area contributed by atoms with Crippen LogP contribution in [0.5, 0.6) is 0 Å². The Kier molecular flexibility index (Phi) is 3.74. The molecule has 1 aliphatic carbocycles. The van der Waals surface area contributed by atoms with E-state index in [2.05, 4.69) is 19.2 Å². The summed E-state index contributed by atoms with van der Waals surface area (Å²) in [5.41, 5.74) is -0.682. The minimum atomic E-state index is -1.10. The Labute approximate surface area is 108 Å². The van der Waals surface area contributed by atoms with Gasteiger partial charge in [-0.2, -0.15) is 11.8 Å². The Bertz CT molecular complexity index is 288. The lowest BCUT2D eigenvalue weighted by atomic mass is 9.75. The maximum absolute atomic E-state index is 12.0. The van der Waals surface area contributed by atoms with Gasteiger partial charge in [-0.05, 0) is 43.3 Å². The average molecular weight is 257 g/mol. The van der Waals surface area contributed by atoms with Gasteiger partial charge in [0, 0.05) is 11.8 Å². The van der Waals surface area contributed by atoms with Gasteiger partial charge >= 0.3 is 0 Å². The smallest absolute Gasteiger partial charge is 0.253 e. The molecular weight excluding hydrogens is 234 g/mol. The van der Waals surface area contributed by atoms with Gasteiger partial charge in [0.05, 0.1) is 0 Å². The first-order valence-electron chi connectivity index (χ1n) is 6.52. The Morgan fingerprint density at radius 2 is 1.94 bits per heavy atom. The first-order chi connectivity index (χ1) is 7.91. The highest BCUT2D eigenvalue weighted by molar-refractivity contribution is 7.99. The number of thioether (sulfide) groups is 1. The molecule has 1 heterocycles. The number of carbonyl (C=O) groups excluding carboxylic acids is 1. The molecule has 4 heteroatoms. The van der Waals surface area contributed by atoms with Crippen molar-refractivity contribution in [2.24, 2.45) is 5.41 Å². The van der Waals surface area contributed by atoms with Gasteiger partial charge in [-0.15, -0.1) is 0 Å². The van der Waals surface area contributed by atoms with Crippen LogP contribution < -0.4 is 5.32 Å². The van der Waals surface area contributed by atoms with E-state index < -0.39 is 5.60 Å². The molecule has 2 N–H and O–H groups in total. The van der Waals surface area contributed by atoms with Gasteiger partial charge in [0.15, 0.2) is 5.60 Å². The van der Waals surface area contributed by atoms with Crippen molar-refractivity contribution < 1.29 is 9.90 Å². The van der Waals surface area contributed by atoms with Crippen molar-refractivity contribution in [3.05, 3.63) is 0 Å². The van der Waals surface area contributed by atoms with Crippen molar-refractivity contribution in [2.75, 3.05) is 11.5 Å². The summed E-state index contributed by atoms with van der Waals surface area (Å²) in [6.45, 7) is 4.57. The first-order valence-corrected chi connectivity index (χ1v) is 7.68. The second-order valence-corrected chi connectivity index (χ2v) is 7.35. The van der Waals surface area contributed by atoms with Crippen LogP contribution in [0.4, 0.5) is 0 Å². The van der Waals surface area contributed by atoms with Crippen LogP contribution in [0.25, 0.3) is 0 Å². The van der Waals surface area contributed by atoms with E-state index in [0.29, 0.717) is 17.6 Å². The lowest BCUT2D eigenvalue weighted by Crippen LogP contribution is -2.51. The van der Waals surface area contributed by atoms with Crippen molar-refractivity contribution in [3.8, 4) is 0 Å². The van der Waals surface area contributed by atoms with Gasteiger partial charge in [0.25, 0.3) is 5.91 Å². The normalized spacial score (nSPS) is 33.6. The van der Waals surface area contributed by atoms with Crippen LogP contribution in [0.15, 0.2) is 0 Å². The molecule has 0 bridgehead atoms. The van der Waals surface area contributed by atoms with E-state index in [1.807, 2.05) is 0 Å². The van der Waals surface area contributed by atoms with Gasteiger partial charge < -0.3 is 10.4 Å². The molecule has 1 saturated carbocycles. The molecular formula is C13H23NO2S. The molecule has 2 aliphatic rings. The molecule has 0 radical (unpaired) electrons. The summed E-state index contributed by atoms with van der Waals surface area (Å²) in [4.78, 5) is 12.0. The molecule has 98 valence electrons. The van der Waals surface area contributed by atoms with Gasteiger partial charge in [0.1, 0.15) is 0 Å². The molecule has 1 atom stereocenters. The molecule has 1 saturated heterocycles. The molecule has 1 aliphatic heterocycles. The van der Waals surface area contributed by atoms with Crippen LogP contribution >= 0.6 is 11.8 Å². The number of rotatable bonds is 2. The number of aliphatic hydroxyl groups is 1. The molecule has 1 amide bonds. The zero-order valence-electron chi connectivity index (χ0n) is 10.8. The number of hydrogen-bond acceptors (Lipinski definition) is 3. The van der Waals surface area contributed by atoms with Gasteiger partial charge in [-0.3, -0.25) is 4.79 Å². The number of amides is 1. The third-order valence-electron chi connectivity index (χ3n) is 4.10. The van der Waals surface area contributed by atoms with Crippen molar-refractivity contribution in [1.29, 1.82) is 0 Å². The van der Waals surface area contributed by atoms with E-state index in [0.717, 1.165) is 31.4 Å². The summed E-state index contributed by atoms with van der Waals surface area (Å²) in [6, 6.07) is 0.269. The number of nitrogens with one attached hydrogen (secondary N) is 1. The largest absolute Gasteiger partial charge is 0.379 e. The van der Waals surface area contributed by atoms with E-state index in [-0.39, 0.29) is 11.9 Å². The van der Waals surface area contributed by atoms with Crippen molar-refractivity contribution in [2.45, 2.75) is 57.6 Å². The second kappa shape index (κ2) is 4.81. The van der Waals surface area contributed by atoms with Crippen LogP contribution in [-0.2, 0) is 4.79 Å². The molecule has 0 aromatic carbocycles. The average Bonchev–Trinajstić information content (AvgIpc) is 2.70. The Morgan fingerprint density at radius 1 is 1.29 bits per heavy atom. The van der Waals surface area contributed by atoms with Crippen LogP contribution in [0.2, 0.25) is 0 Å². The van der Waals surface area contributed by atoms with Crippen LogP contribution in [-0.4, -0.2) is 34.2 Å². The fourth-order valence-corrected chi connectivity index (χ4v) is 3.84. The second-order valence-electron chi connectivity index (χ2n) is 6.25. The summed E-state index contributed by atoms with van der Waals surface area (Å²) >= 11 is 1.66. The predicted octanol–water partition coefficient (Wildman–Crippen LogP) is 1.94. The highest BCUT2D eigenvalue weighted by Crippen LogP contribution is 2.35. The maximum atomic E-state index is 12.0. The highest BCUT2D eigenvalue weighted by atomic mass is 32.2. The van der Waals surface area contributed by atoms with E-state index in [4.69, 9.17) is 0 Å². The topological polar surface area (TPSA) is 49.3 Å². The van der Waals surface area contributed by atoms with Crippen LogP contribution in [0.1, 0.15) is 46.0 Å². The van der Waals surface area contributed by atoms with Crippen molar-refractivity contribution in [3.63, 3.8) is 0 Å². The van der Waals surface area contributed by atoms with Gasteiger partial charge in [-0.1, -0.05) is 13.8 Å². The number of carbonyl (C=O) groups is 1. The molecule has 0 aromatic rings. The van der Waals surface area contributed by atoms with Crippen LogP contribution in [0, 0.1) is 5.41 Å². The maximum Gasteiger partial charge on any atom is 0.253 e. The molecule has 0 aromatic heterocycles. The fourth-order valence-electron chi connectivity index (χ4n) is 2.60. The monoisotopic (exact) mass is 257 g/mol.